The number of rotatable bonds is 4. The SMILES string of the molecule is CCN1CCN(C(=O)c2cc(C(=O)NC3CCCCCC3)ccn2)CC1. The molecule has 1 aromatic rings. The summed E-state index contributed by atoms with van der Waals surface area (Å²) in [6.07, 6.45) is 8.52. The van der Waals surface area contributed by atoms with Crippen LogP contribution >= 0.6 is 0 Å². The average molecular weight is 358 g/mol. The van der Waals surface area contributed by atoms with Crippen LogP contribution in [0.1, 0.15) is 66.3 Å². The summed E-state index contributed by atoms with van der Waals surface area (Å²) in [5.74, 6) is -0.172. The highest BCUT2D eigenvalue weighted by atomic mass is 16.2. The third-order valence-electron chi connectivity index (χ3n) is 5.54. The number of nitrogens with one attached hydrogen (secondary N) is 1. The zero-order valence-corrected chi connectivity index (χ0v) is 15.7. The molecule has 0 spiro atoms. The lowest BCUT2D eigenvalue weighted by molar-refractivity contribution is 0.0637. The van der Waals surface area contributed by atoms with Gasteiger partial charge in [-0.15, -0.1) is 0 Å². The van der Waals surface area contributed by atoms with Crippen molar-refractivity contribution in [2.45, 2.75) is 51.5 Å². The maximum atomic E-state index is 12.7. The van der Waals surface area contributed by atoms with Gasteiger partial charge in [0.2, 0.25) is 0 Å². The van der Waals surface area contributed by atoms with Gasteiger partial charge in [0.25, 0.3) is 11.8 Å². The molecule has 6 nitrogen and oxygen atoms in total. The molecule has 1 aliphatic heterocycles. The lowest BCUT2D eigenvalue weighted by Crippen LogP contribution is -2.48. The molecule has 1 saturated carbocycles. The molecule has 0 radical (unpaired) electrons. The number of hydrogen-bond donors (Lipinski definition) is 1. The number of aromatic nitrogens is 1. The molecule has 2 fully saturated rings. The Kier molecular flexibility index (Phi) is 6.61. The summed E-state index contributed by atoms with van der Waals surface area (Å²) in [6.45, 7) is 6.36. The van der Waals surface area contributed by atoms with Crippen LogP contribution in [-0.2, 0) is 0 Å². The largest absolute Gasteiger partial charge is 0.349 e. The molecule has 3 rings (SSSR count). The molecule has 2 aliphatic rings. The van der Waals surface area contributed by atoms with E-state index in [9.17, 15) is 9.59 Å². The first-order valence-electron chi connectivity index (χ1n) is 9.96. The molecular weight excluding hydrogens is 328 g/mol. The summed E-state index contributed by atoms with van der Waals surface area (Å²) in [5, 5.41) is 3.14. The lowest BCUT2D eigenvalue weighted by Gasteiger charge is -2.33. The van der Waals surface area contributed by atoms with Gasteiger partial charge in [0.05, 0.1) is 0 Å². The minimum Gasteiger partial charge on any atom is -0.349 e. The zero-order valence-electron chi connectivity index (χ0n) is 15.7. The number of likely N-dealkylation sites (N-methyl/N-ethyl adjacent to an activating group) is 1. The van der Waals surface area contributed by atoms with Crippen molar-refractivity contribution in [1.29, 1.82) is 0 Å². The second-order valence-electron chi connectivity index (χ2n) is 7.32. The summed E-state index contributed by atoms with van der Waals surface area (Å²) in [6, 6.07) is 3.58. The summed E-state index contributed by atoms with van der Waals surface area (Å²) in [4.78, 5) is 33.7. The quantitative estimate of drug-likeness (QED) is 0.839. The monoisotopic (exact) mass is 358 g/mol. The fourth-order valence-electron chi connectivity index (χ4n) is 3.81. The Balaban J connectivity index is 1.62. The van der Waals surface area contributed by atoms with E-state index in [0.29, 0.717) is 24.3 Å². The van der Waals surface area contributed by atoms with Crippen LogP contribution in [0.25, 0.3) is 0 Å². The van der Waals surface area contributed by atoms with Gasteiger partial charge in [-0.1, -0.05) is 32.6 Å². The Morgan fingerprint density at radius 2 is 1.81 bits per heavy atom. The van der Waals surface area contributed by atoms with Gasteiger partial charge in [-0.25, -0.2) is 0 Å². The standard InChI is InChI=1S/C20H30N4O2/c1-2-23-11-13-24(14-12-23)20(26)18-15-16(9-10-21-18)19(25)22-17-7-5-3-4-6-8-17/h9-10,15,17H,2-8,11-14H2,1H3,(H,22,25). The minimum atomic E-state index is -0.0934. The molecule has 0 bridgehead atoms. The van der Waals surface area contributed by atoms with Crippen molar-refractivity contribution in [1.82, 2.24) is 20.1 Å². The molecule has 142 valence electrons. The van der Waals surface area contributed by atoms with Crippen molar-refractivity contribution in [3.8, 4) is 0 Å². The predicted molar refractivity (Wildman–Crippen MR) is 101 cm³/mol. The highest BCUT2D eigenvalue weighted by Gasteiger charge is 2.23. The Hall–Kier alpha value is -1.95. The van der Waals surface area contributed by atoms with Crippen LogP contribution in [0.3, 0.4) is 0 Å². The van der Waals surface area contributed by atoms with Crippen LogP contribution in [0.4, 0.5) is 0 Å². The molecule has 2 heterocycles. The fourth-order valence-corrected chi connectivity index (χ4v) is 3.81. The molecule has 2 amide bonds. The van der Waals surface area contributed by atoms with Crippen LogP contribution in [0.15, 0.2) is 18.3 Å². The summed E-state index contributed by atoms with van der Waals surface area (Å²) >= 11 is 0. The van der Waals surface area contributed by atoms with Crippen molar-refractivity contribution in [3.05, 3.63) is 29.6 Å². The second-order valence-corrected chi connectivity index (χ2v) is 7.32. The van der Waals surface area contributed by atoms with E-state index in [1.165, 1.54) is 25.7 Å². The van der Waals surface area contributed by atoms with Gasteiger partial charge in [0.1, 0.15) is 5.69 Å². The van der Waals surface area contributed by atoms with E-state index in [1.54, 1.807) is 18.3 Å². The number of pyridine rings is 1. The van der Waals surface area contributed by atoms with E-state index < -0.39 is 0 Å². The number of amides is 2. The number of piperazine rings is 1. The van der Waals surface area contributed by atoms with Gasteiger partial charge < -0.3 is 15.1 Å². The summed E-state index contributed by atoms with van der Waals surface area (Å²) in [5.41, 5.74) is 0.892. The Bertz CT molecular complexity index is 618. The first-order valence-corrected chi connectivity index (χ1v) is 9.96. The Morgan fingerprint density at radius 3 is 2.46 bits per heavy atom. The van der Waals surface area contributed by atoms with Gasteiger partial charge in [-0.2, -0.15) is 0 Å². The van der Waals surface area contributed by atoms with Crippen LogP contribution < -0.4 is 5.32 Å². The van der Waals surface area contributed by atoms with Crippen LogP contribution in [0.5, 0.6) is 0 Å². The van der Waals surface area contributed by atoms with Gasteiger partial charge in [0, 0.05) is 44.0 Å². The van der Waals surface area contributed by atoms with Crippen molar-refractivity contribution in [2.75, 3.05) is 32.7 Å². The number of nitrogens with zero attached hydrogens (tertiary/aromatic N) is 3. The molecule has 0 unspecified atom stereocenters. The molecule has 1 N–H and O–H groups in total. The second kappa shape index (κ2) is 9.12. The average Bonchev–Trinajstić information content (AvgIpc) is 2.96. The number of hydrogen-bond acceptors (Lipinski definition) is 4. The molecule has 1 saturated heterocycles. The van der Waals surface area contributed by atoms with E-state index in [2.05, 4.69) is 22.1 Å². The zero-order chi connectivity index (χ0) is 18.4. The first-order chi connectivity index (χ1) is 12.7. The van der Waals surface area contributed by atoms with Crippen molar-refractivity contribution < 1.29 is 9.59 Å². The van der Waals surface area contributed by atoms with E-state index in [4.69, 9.17) is 0 Å². The highest BCUT2D eigenvalue weighted by molar-refractivity contribution is 5.98. The van der Waals surface area contributed by atoms with Crippen molar-refractivity contribution in [3.63, 3.8) is 0 Å². The topological polar surface area (TPSA) is 65.5 Å². The maximum Gasteiger partial charge on any atom is 0.272 e. The number of carbonyl (C=O) groups excluding carboxylic acids is 2. The first kappa shape index (κ1) is 18.8. The minimum absolute atomic E-state index is 0.0788. The highest BCUT2D eigenvalue weighted by Crippen LogP contribution is 2.18. The molecule has 6 heteroatoms. The molecular formula is C20H30N4O2. The summed E-state index contributed by atoms with van der Waals surface area (Å²) in [7, 11) is 0. The Labute approximate surface area is 156 Å². The molecule has 1 aromatic heterocycles. The third kappa shape index (κ3) is 4.81. The van der Waals surface area contributed by atoms with Gasteiger partial charge >= 0.3 is 0 Å². The molecule has 26 heavy (non-hydrogen) atoms. The normalized spacial score (nSPS) is 19.8. The maximum absolute atomic E-state index is 12.7. The van der Waals surface area contributed by atoms with Gasteiger partial charge in [-0.05, 0) is 31.5 Å². The lowest BCUT2D eigenvalue weighted by atomic mass is 10.1. The Morgan fingerprint density at radius 1 is 1.12 bits per heavy atom. The molecule has 1 aliphatic carbocycles. The van der Waals surface area contributed by atoms with Gasteiger partial charge in [0.15, 0.2) is 0 Å². The van der Waals surface area contributed by atoms with Crippen molar-refractivity contribution in [2.24, 2.45) is 0 Å². The van der Waals surface area contributed by atoms with Gasteiger partial charge in [-0.3, -0.25) is 14.6 Å². The van der Waals surface area contributed by atoms with E-state index >= 15 is 0 Å². The van der Waals surface area contributed by atoms with E-state index in [0.717, 1.165) is 32.5 Å². The summed E-state index contributed by atoms with van der Waals surface area (Å²) < 4.78 is 0. The predicted octanol–water partition coefficient (Wildman–Crippen LogP) is 2.31. The van der Waals surface area contributed by atoms with Crippen LogP contribution in [0.2, 0.25) is 0 Å². The van der Waals surface area contributed by atoms with E-state index in [1.807, 2.05) is 4.90 Å². The van der Waals surface area contributed by atoms with Crippen LogP contribution in [0, 0.1) is 0 Å². The molecule has 0 atom stereocenters. The third-order valence-corrected chi connectivity index (χ3v) is 5.54. The van der Waals surface area contributed by atoms with Crippen LogP contribution in [-0.4, -0.2) is 65.4 Å². The number of carbonyl (C=O) groups is 2. The fraction of sp³-hybridized carbons (Fsp3) is 0.650. The van der Waals surface area contributed by atoms with Crippen molar-refractivity contribution >= 4 is 11.8 Å². The molecule has 0 aromatic carbocycles. The smallest absolute Gasteiger partial charge is 0.272 e. The van der Waals surface area contributed by atoms with E-state index in [-0.39, 0.29) is 17.9 Å².